The molecule has 0 aliphatic carbocycles. The van der Waals surface area contributed by atoms with E-state index in [1.165, 1.54) is 5.56 Å². The predicted octanol–water partition coefficient (Wildman–Crippen LogP) is 4.08. The van der Waals surface area contributed by atoms with Crippen molar-refractivity contribution in [3.63, 3.8) is 0 Å². The third kappa shape index (κ3) is 3.85. The minimum absolute atomic E-state index is 0.229. The maximum atomic E-state index is 12.2. The molecule has 4 heteroatoms. The topological polar surface area (TPSA) is 29.5 Å². The van der Waals surface area contributed by atoms with Gasteiger partial charge in [-0.2, -0.15) is 0 Å². The van der Waals surface area contributed by atoms with Crippen molar-refractivity contribution >= 4 is 17.5 Å². The Morgan fingerprint density at radius 1 is 1.17 bits per heavy atom. The van der Waals surface area contributed by atoms with Gasteiger partial charge in [-0.25, -0.2) is 0 Å². The Balaban J connectivity index is 1.72. The first-order chi connectivity index (χ1) is 11.2. The number of hydrogen-bond acceptors (Lipinski definition) is 2. The van der Waals surface area contributed by atoms with Gasteiger partial charge in [0.2, 0.25) is 5.91 Å². The van der Waals surface area contributed by atoms with Crippen molar-refractivity contribution in [2.24, 2.45) is 0 Å². The standard InChI is InChI=1S/C19H20ClNO2/c1-23-18-4-2-3-15(12-18)11-17-9-10-19(22)21(17)13-14-5-7-16(20)8-6-14/h2-8,12,17H,9-11,13H2,1H3/t17-/m0/s1. The number of halogens is 1. The van der Waals surface area contributed by atoms with E-state index in [4.69, 9.17) is 16.3 Å². The van der Waals surface area contributed by atoms with Crippen molar-refractivity contribution < 1.29 is 9.53 Å². The highest BCUT2D eigenvalue weighted by Crippen LogP contribution is 2.26. The van der Waals surface area contributed by atoms with E-state index >= 15 is 0 Å². The molecule has 2 aromatic rings. The van der Waals surface area contributed by atoms with Crippen LogP contribution in [0, 0.1) is 0 Å². The molecule has 0 saturated carbocycles. The van der Waals surface area contributed by atoms with Crippen LogP contribution in [0.25, 0.3) is 0 Å². The molecule has 1 saturated heterocycles. The number of hydrogen-bond donors (Lipinski definition) is 0. The summed E-state index contributed by atoms with van der Waals surface area (Å²) in [5.74, 6) is 1.09. The lowest BCUT2D eigenvalue weighted by molar-refractivity contribution is -0.129. The summed E-state index contributed by atoms with van der Waals surface area (Å²) in [5.41, 5.74) is 2.31. The number of nitrogens with zero attached hydrogens (tertiary/aromatic N) is 1. The van der Waals surface area contributed by atoms with E-state index in [1.807, 2.05) is 47.4 Å². The van der Waals surface area contributed by atoms with E-state index in [0.29, 0.717) is 13.0 Å². The van der Waals surface area contributed by atoms with E-state index in [9.17, 15) is 4.79 Å². The van der Waals surface area contributed by atoms with Crippen LogP contribution in [0.3, 0.4) is 0 Å². The lowest BCUT2D eigenvalue weighted by atomic mass is 10.0. The maximum Gasteiger partial charge on any atom is 0.223 e. The first-order valence-electron chi connectivity index (χ1n) is 7.82. The van der Waals surface area contributed by atoms with Crippen molar-refractivity contribution in [3.05, 3.63) is 64.7 Å². The third-order valence-corrected chi connectivity index (χ3v) is 4.58. The van der Waals surface area contributed by atoms with Crippen LogP contribution >= 0.6 is 11.6 Å². The zero-order chi connectivity index (χ0) is 16.2. The highest BCUT2D eigenvalue weighted by Gasteiger charge is 2.30. The van der Waals surface area contributed by atoms with E-state index in [-0.39, 0.29) is 11.9 Å². The van der Waals surface area contributed by atoms with Crippen molar-refractivity contribution in [1.82, 2.24) is 4.90 Å². The molecule has 1 fully saturated rings. The Hall–Kier alpha value is -2.00. The molecule has 23 heavy (non-hydrogen) atoms. The maximum absolute atomic E-state index is 12.2. The van der Waals surface area contributed by atoms with Gasteiger partial charge in [0, 0.05) is 24.0 Å². The summed E-state index contributed by atoms with van der Waals surface area (Å²) in [6.07, 6.45) is 2.39. The SMILES string of the molecule is COc1cccc(C[C@@H]2CCC(=O)N2Cc2ccc(Cl)cc2)c1. The Bertz CT molecular complexity index is 684. The van der Waals surface area contributed by atoms with Crippen molar-refractivity contribution in [2.75, 3.05) is 7.11 Å². The fourth-order valence-electron chi connectivity index (χ4n) is 3.08. The molecular formula is C19H20ClNO2. The lowest BCUT2D eigenvalue weighted by Crippen LogP contribution is -2.33. The summed E-state index contributed by atoms with van der Waals surface area (Å²) in [4.78, 5) is 14.2. The second-order valence-corrected chi connectivity index (χ2v) is 6.33. The Morgan fingerprint density at radius 2 is 1.96 bits per heavy atom. The predicted molar refractivity (Wildman–Crippen MR) is 91.7 cm³/mol. The van der Waals surface area contributed by atoms with Crippen LogP contribution in [0.2, 0.25) is 5.02 Å². The number of carbonyl (C=O) groups is 1. The zero-order valence-electron chi connectivity index (χ0n) is 13.2. The molecule has 0 aromatic heterocycles. The zero-order valence-corrected chi connectivity index (χ0v) is 13.9. The largest absolute Gasteiger partial charge is 0.497 e. The van der Waals surface area contributed by atoms with Gasteiger partial charge in [0.1, 0.15) is 5.75 Å². The number of benzene rings is 2. The van der Waals surface area contributed by atoms with Crippen molar-refractivity contribution in [3.8, 4) is 5.75 Å². The van der Waals surface area contributed by atoms with Gasteiger partial charge in [-0.1, -0.05) is 35.9 Å². The molecule has 3 nitrogen and oxygen atoms in total. The summed E-state index contributed by atoms with van der Waals surface area (Å²) in [7, 11) is 1.67. The van der Waals surface area contributed by atoms with Crippen LogP contribution in [0.5, 0.6) is 5.75 Å². The van der Waals surface area contributed by atoms with Crippen LogP contribution in [0.4, 0.5) is 0 Å². The van der Waals surface area contributed by atoms with Gasteiger partial charge in [0.25, 0.3) is 0 Å². The fraction of sp³-hybridized carbons (Fsp3) is 0.316. The monoisotopic (exact) mass is 329 g/mol. The van der Waals surface area contributed by atoms with Gasteiger partial charge < -0.3 is 9.64 Å². The van der Waals surface area contributed by atoms with Crippen LogP contribution in [-0.2, 0) is 17.8 Å². The molecule has 1 heterocycles. The van der Waals surface area contributed by atoms with Crippen LogP contribution in [0.15, 0.2) is 48.5 Å². The Kier molecular flexibility index (Phi) is 4.87. The van der Waals surface area contributed by atoms with Gasteiger partial charge in [-0.05, 0) is 48.2 Å². The number of amides is 1. The average Bonchev–Trinajstić information content (AvgIpc) is 2.90. The Morgan fingerprint density at radius 3 is 2.70 bits per heavy atom. The first kappa shape index (κ1) is 15.9. The number of ether oxygens (including phenoxy) is 1. The van der Waals surface area contributed by atoms with Crippen LogP contribution < -0.4 is 4.74 Å². The molecule has 1 aliphatic heterocycles. The third-order valence-electron chi connectivity index (χ3n) is 4.32. The first-order valence-corrected chi connectivity index (χ1v) is 8.20. The second kappa shape index (κ2) is 7.05. The molecule has 0 spiro atoms. The molecule has 1 atom stereocenters. The van der Waals surface area contributed by atoms with E-state index in [1.54, 1.807) is 7.11 Å². The molecule has 0 N–H and O–H groups in total. The minimum atomic E-state index is 0.229. The normalized spacial score (nSPS) is 17.6. The fourth-order valence-corrected chi connectivity index (χ4v) is 3.21. The molecular weight excluding hydrogens is 310 g/mol. The number of carbonyl (C=O) groups excluding carboxylic acids is 1. The highest BCUT2D eigenvalue weighted by atomic mass is 35.5. The second-order valence-electron chi connectivity index (χ2n) is 5.90. The van der Waals surface area contributed by atoms with E-state index in [0.717, 1.165) is 29.2 Å². The number of rotatable bonds is 5. The summed E-state index contributed by atoms with van der Waals surface area (Å²) in [6.45, 7) is 0.643. The number of likely N-dealkylation sites (tertiary alicyclic amines) is 1. The quantitative estimate of drug-likeness (QED) is 0.827. The molecule has 1 aliphatic rings. The lowest BCUT2D eigenvalue weighted by Gasteiger charge is -2.25. The van der Waals surface area contributed by atoms with Crippen LogP contribution in [-0.4, -0.2) is 24.0 Å². The van der Waals surface area contributed by atoms with Gasteiger partial charge in [-0.3, -0.25) is 4.79 Å². The summed E-state index contributed by atoms with van der Waals surface area (Å²) in [6, 6.07) is 16.0. The molecule has 1 amide bonds. The molecule has 120 valence electrons. The van der Waals surface area contributed by atoms with Gasteiger partial charge >= 0.3 is 0 Å². The van der Waals surface area contributed by atoms with Crippen molar-refractivity contribution in [1.29, 1.82) is 0 Å². The van der Waals surface area contributed by atoms with E-state index < -0.39 is 0 Å². The summed E-state index contributed by atoms with van der Waals surface area (Å²) in [5, 5.41) is 0.717. The summed E-state index contributed by atoms with van der Waals surface area (Å²) >= 11 is 5.93. The van der Waals surface area contributed by atoms with Gasteiger partial charge in [0.05, 0.1) is 7.11 Å². The molecule has 3 rings (SSSR count). The summed E-state index contributed by atoms with van der Waals surface area (Å²) < 4.78 is 5.28. The molecule has 0 radical (unpaired) electrons. The van der Waals surface area contributed by atoms with E-state index in [2.05, 4.69) is 6.07 Å². The molecule has 0 bridgehead atoms. The Labute approximate surface area is 141 Å². The minimum Gasteiger partial charge on any atom is -0.497 e. The molecule has 0 unspecified atom stereocenters. The average molecular weight is 330 g/mol. The number of methoxy groups -OCH3 is 1. The van der Waals surface area contributed by atoms with Gasteiger partial charge in [0.15, 0.2) is 0 Å². The smallest absolute Gasteiger partial charge is 0.223 e. The molecule has 2 aromatic carbocycles. The highest BCUT2D eigenvalue weighted by molar-refractivity contribution is 6.30. The van der Waals surface area contributed by atoms with Crippen LogP contribution in [0.1, 0.15) is 24.0 Å². The van der Waals surface area contributed by atoms with Gasteiger partial charge in [-0.15, -0.1) is 0 Å². The van der Waals surface area contributed by atoms with Crippen molar-refractivity contribution in [2.45, 2.75) is 31.8 Å².